The quantitative estimate of drug-likeness (QED) is 0.230. The van der Waals surface area contributed by atoms with E-state index in [9.17, 15) is 9.59 Å². The first-order chi connectivity index (χ1) is 17.9. The van der Waals surface area contributed by atoms with E-state index in [2.05, 4.69) is 35.4 Å². The number of hydrogen-bond acceptors (Lipinski definition) is 6. The molecule has 2 aromatic carbocycles. The Bertz CT molecular complexity index is 1170. The third-order valence-electron chi connectivity index (χ3n) is 5.68. The van der Waals surface area contributed by atoms with Gasteiger partial charge >= 0.3 is 12.1 Å². The lowest BCUT2D eigenvalue weighted by Crippen LogP contribution is -2.37. The first-order valence-electron chi connectivity index (χ1n) is 11.6. The molecular formula is C27H28N4O6. The van der Waals surface area contributed by atoms with Gasteiger partial charge in [0.1, 0.15) is 11.5 Å². The van der Waals surface area contributed by atoms with Crippen molar-refractivity contribution in [2.75, 3.05) is 0 Å². The van der Waals surface area contributed by atoms with Crippen LogP contribution >= 0.6 is 0 Å². The van der Waals surface area contributed by atoms with E-state index < -0.39 is 12.1 Å². The topological polar surface area (TPSA) is 127 Å². The van der Waals surface area contributed by atoms with Gasteiger partial charge in [0.15, 0.2) is 11.5 Å². The molecule has 4 amide bonds. The molecule has 4 aromatic rings. The van der Waals surface area contributed by atoms with Gasteiger partial charge in [-0.2, -0.15) is 11.0 Å². The van der Waals surface area contributed by atoms with Gasteiger partial charge in [0, 0.05) is 5.41 Å². The second kappa shape index (κ2) is 11.7. The van der Waals surface area contributed by atoms with Crippen molar-refractivity contribution in [1.82, 2.24) is 21.6 Å². The SMILES string of the molecule is CC(C)(c1ccc(ONC(=O)NCc2ccco2)cc1)c1ccc(ONC(=O)NCc2ccco2)cc1. The molecule has 4 rings (SSSR count). The maximum absolute atomic E-state index is 11.9. The molecule has 4 N–H and O–H groups in total. The molecule has 0 atom stereocenters. The van der Waals surface area contributed by atoms with Gasteiger partial charge in [-0.1, -0.05) is 38.1 Å². The molecule has 0 saturated carbocycles. The number of hydroxylamine groups is 2. The Hall–Kier alpha value is -4.86. The number of furan rings is 2. The van der Waals surface area contributed by atoms with Crippen LogP contribution in [0.3, 0.4) is 0 Å². The smallest absolute Gasteiger partial charge is 0.348 e. The van der Waals surface area contributed by atoms with Crippen molar-refractivity contribution >= 4 is 12.1 Å². The summed E-state index contributed by atoms with van der Waals surface area (Å²) < 4.78 is 10.3. The van der Waals surface area contributed by atoms with Crippen molar-refractivity contribution in [3.8, 4) is 11.5 Å². The second-order valence-corrected chi connectivity index (χ2v) is 8.61. The lowest BCUT2D eigenvalue weighted by molar-refractivity contribution is 0.177. The Balaban J connectivity index is 1.25. The maximum Gasteiger partial charge on any atom is 0.348 e. The van der Waals surface area contributed by atoms with E-state index in [0.717, 1.165) is 11.1 Å². The number of urea groups is 2. The second-order valence-electron chi connectivity index (χ2n) is 8.61. The monoisotopic (exact) mass is 504 g/mol. The average molecular weight is 505 g/mol. The van der Waals surface area contributed by atoms with Crippen molar-refractivity contribution < 1.29 is 28.1 Å². The molecule has 37 heavy (non-hydrogen) atoms. The zero-order valence-corrected chi connectivity index (χ0v) is 20.4. The molecule has 192 valence electrons. The molecule has 0 bridgehead atoms. The van der Waals surface area contributed by atoms with Gasteiger partial charge in [-0.25, -0.2) is 9.59 Å². The van der Waals surface area contributed by atoms with E-state index >= 15 is 0 Å². The third kappa shape index (κ3) is 7.07. The molecule has 0 aliphatic rings. The number of hydrogen-bond donors (Lipinski definition) is 4. The Labute approximate surface area is 213 Å². The van der Waals surface area contributed by atoms with Gasteiger partial charge in [-0.05, 0) is 59.7 Å². The number of benzene rings is 2. The van der Waals surface area contributed by atoms with Crippen LogP contribution in [0.1, 0.15) is 36.5 Å². The molecule has 0 saturated heterocycles. The number of nitrogens with one attached hydrogen (secondary N) is 4. The van der Waals surface area contributed by atoms with Gasteiger partial charge in [-0.15, -0.1) is 0 Å². The van der Waals surface area contributed by atoms with Crippen LogP contribution in [0.2, 0.25) is 0 Å². The van der Waals surface area contributed by atoms with Gasteiger partial charge in [0.2, 0.25) is 0 Å². The highest BCUT2D eigenvalue weighted by molar-refractivity contribution is 5.73. The van der Waals surface area contributed by atoms with E-state index in [4.69, 9.17) is 18.5 Å². The molecule has 2 aromatic heterocycles. The average Bonchev–Trinajstić information content (AvgIpc) is 3.63. The van der Waals surface area contributed by atoms with E-state index in [1.54, 1.807) is 61.1 Å². The summed E-state index contributed by atoms with van der Waals surface area (Å²) in [5.74, 6) is 2.27. The third-order valence-corrected chi connectivity index (χ3v) is 5.68. The zero-order chi connectivity index (χ0) is 26.1. The van der Waals surface area contributed by atoms with Gasteiger partial charge in [0.05, 0.1) is 25.6 Å². The van der Waals surface area contributed by atoms with E-state index in [1.807, 2.05) is 24.3 Å². The van der Waals surface area contributed by atoms with Crippen molar-refractivity contribution in [2.24, 2.45) is 0 Å². The molecule has 0 aliphatic heterocycles. The summed E-state index contributed by atoms with van der Waals surface area (Å²) in [6, 6.07) is 21.0. The van der Waals surface area contributed by atoms with Gasteiger partial charge in [-0.3, -0.25) is 0 Å². The molecule has 0 fully saturated rings. The lowest BCUT2D eigenvalue weighted by atomic mass is 9.78. The lowest BCUT2D eigenvalue weighted by Gasteiger charge is -2.26. The minimum atomic E-state index is -0.479. The number of amides is 4. The minimum Gasteiger partial charge on any atom is -0.467 e. The van der Waals surface area contributed by atoms with Gasteiger partial charge < -0.3 is 29.1 Å². The molecule has 10 nitrogen and oxygen atoms in total. The fourth-order valence-electron chi connectivity index (χ4n) is 3.49. The fraction of sp³-hybridized carbons (Fsp3) is 0.185. The summed E-state index contributed by atoms with van der Waals surface area (Å²) in [4.78, 5) is 34.5. The number of rotatable bonds is 10. The van der Waals surface area contributed by atoms with Crippen LogP contribution in [-0.4, -0.2) is 12.1 Å². The van der Waals surface area contributed by atoms with E-state index in [-0.39, 0.29) is 18.5 Å². The predicted molar refractivity (Wildman–Crippen MR) is 134 cm³/mol. The zero-order valence-electron chi connectivity index (χ0n) is 20.4. The highest BCUT2D eigenvalue weighted by atomic mass is 16.7. The summed E-state index contributed by atoms with van der Waals surface area (Å²) in [5, 5.41) is 5.27. The van der Waals surface area contributed by atoms with Crippen molar-refractivity contribution in [1.29, 1.82) is 0 Å². The highest BCUT2D eigenvalue weighted by Gasteiger charge is 2.23. The van der Waals surface area contributed by atoms with Crippen molar-refractivity contribution in [2.45, 2.75) is 32.4 Å². The van der Waals surface area contributed by atoms with Gasteiger partial charge in [0.25, 0.3) is 0 Å². The Morgan fingerprint density at radius 2 is 1.08 bits per heavy atom. The molecule has 10 heteroatoms. The first-order valence-corrected chi connectivity index (χ1v) is 11.6. The van der Waals surface area contributed by atoms with Crippen LogP contribution in [-0.2, 0) is 18.5 Å². The molecule has 2 heterocycles. The number of carbonyl (C=O) groups excluding carboxylic acids is 2. The van der Waals surface area contributed by atoms with E-state index in [0.29, 0.717) is 23.0 Å². The normalized spacial score (nSPS) is 10.9. The largest absolute Gasteiger partial charge is 0.467 e. The van der Waals surface area contributed by atoms with Crippen LogP contribution in [0.25, 0.3) is 0 Å². The molecule has 0 spiro atoms. The molecule has 0 unspecified atom stereocenters. The van der Waals surface area contributed by atoms with Crippen LogP contribution in [0.4, 0.5) is 9.59 Å². The standard InChI is InChI=1S/C27H28N4O6/c1-27(2,19-7-11-21(12-8-19)36-30-25(32)28-17-23-5-3-15-34-23)20-9-13-22(14-10-20)37-31-26(33)29-18-24-6-4-16-35-24/h3-16H,17-18H2,1-2H3,(H2,28,30,32)(H2,29,31,33). The summed E-state index contributed by atoms with van der Waals surface area (Å²) in [6.07, 6.45) is 3.08. The summed E-state index contributed by atoms with van der Waals surface area (Å²) in [6.45, 7) is 4.71. The Morgan fingerprint density at radius 1 is 0.676 bits per heavy atom. The van der Waals surface area contributed by atoms with Crippen LogP contribution < -0.4 is 31.3 Å². The minimum absolute atomic E-state index is 0.258. The highest BCUT2D eigenvalue weighted by Crippen LogP contribution is 2.33. The maximum atomic E-state index is 11.9. The number of carbonyl (C=O) groups is 2. The van der Waals surface area contributed by atoms with Crippen LogP contribution in [0.5, 0.6) is 11.5 Å². The van der Waals surface area contributed by atoms with Crippen LogP contribution in [0, 0.1) is 0 Å². The van der Waals surface area contributed by atoms with Crippen molar-refractivity contribution in [3.05, 3.63) is 108 Å². The molecule has 0 radical (unpaired) electrons. The Morgan fingerprint density at radius 3 is 1.43 bits per heavy atom. The Kier molecular flexibility index (Phi) is 7.99. The fourth-order valence-corrected chi connectivity index (χ4v) is 3.49. The molecular weight excluding hydrogens is 476 g/mol. The summed E-state index contributed by atoms with van der Waals surface area (Å²) in [5.41, 5.74) is 6.47. The first kappa shape index (κ1) is 25.2. The van der Waals surface area contributed by atoms with E-state index in [1.165, 1.54) is 0 Å². The van der Waals surface area contributed by atoms with Crippen LogP contribution in [0.15, 0.2) is 94.2 Å². The molecule has 0 aliphatic carbocycles. The summed E-state index contributed by atoms with van der Waals surface area (Å²) >= 11 is 0. The predicted octanol–water partition coefficient (Wildman–Crippen LogP) is 4.78. The summed E-state index contributed by atoms with van der Waals surface area (Å²) in [7, 11) is 0. The van der Waals surface area contributed by atoms with Crippen molar-refractivity contribution in [3.63, 3.8) is 0 Å².